The maximum Gasteiger partial charge on any atom is 0.410 e. The fourth-order valence-corrected chi connectivity index (χ4v) is 5.59. The van der Waals surface area contributed by atoms with Crippen LogP contribution >= 0.6 is 0 Å². The van der Waals surface area contributed by atoms with Crippen LogP contribution in [0, 0.1) is 0 Å². The Morgan fingerprint density at radius 1 is 1.02 bits per heavy atom. The average molecular weight is 578 g/mol. The summed E-state index contributed by atoms with van der Waals surface area (Å²) in [5, 5.41) is 0.719. The highest BCUT2D eigenvalue weighted by Gasteiger charge is 2.31. The van der Waals surface area contributed by atoms with Gasteiger partial charge in [-0.2, -0.15) is 0 Å². The molecule has 2 aromatic carbocycles. The number of likely N-dealkylation sites (tertiary alicyclic amines) is 1. The number of benzene rings is 2. The van der Waals surface area contributed by atoms with Gasteiger partial charge in [0.25, 0.3) is 5.56 Å². The Morgan fingerprint density at radius 3 is 2.45 bits per heavy atom. The van der Waals surface area contributed by atoms with E-state index in [0.29, 0.717) is 61.2 Å². The van der Waals surface area contributed by atoms with Crippen molar-refractivity contribution in [2.24, 2.45) is 0 Å². The van der Waals surface area contributed by atoms with Crippen LogP contribution in [0.1, 0.15) is 49.5 Å². The molecule has 42 heavy (non-hydrogen) atoms. The molecule has 1 saturated heterocycles. The second-order valence-corrected chi connectivity index (χ2v) is 11.7. The Balaban J connectivity index is 1.28. The molecule has 1 amide bonds. The topological polar surface area (TPSA) is 99.5 Å². The molecule has 0 radical (unpaired) electrons. The molecule has 0 bridgehead atoms. The highest BCUT2D eigenvalue weighted by atomic mass is 16.6. The van der Waals surface area contributed by atoms with Crippen molar-refractivity contribution in [2.75, 3.05) is 40.0 Å². The summed E-state index contributed by atoms with van der Waals surface area (Å²) in [4.78, 5) is 42.0. The van der Waals surface area contributed by atoms with E-state index in [-0.39, 0.29) is 17.7 Å². The molecule has 1 aromatic heterocycles. The second-order valence-electron chi connectivity index (χ2n) is 11.7. The van der Waals surface area contributed by atoms with Crippen LogP contribution < -0.4 is 19.8 Å². The maximum atomic E-state index is 13.4. The van der Waals surface area contributed by atoms with E-state index in [9.17, 15) is 14.4 Å². The highest BCUT2D eigenvalue weighted by Crippen LogP contribution is 2.32. The Labute approximate surface area is 245 Å². The third-order valence-corrected chi connectivity index (χ3v) is 7.70. The number of ether oxygens (including phenoxy) is 4. The lowest BCUT2D eigenvalue weighted by atomic mass is 10.0. The number of carbonyl (C=O) groups excluding carboxylic acids is 2. The van der Waals surface area contributed by atoms with Crippen LogP contribution in [0.25, 0.3) is 10.9 Å². The molecule has 1 fully saturated rings. The molecule has 10 heteroatoms. The number of fused-ring (bicyclic) bond motifs is 2. The molecular formula is C32H39N3O7. The normalized spacial score (nSPS) is 15.8. The van der Waals surface area contributed by atoms with Crippen molar-refractivity contribution < 1.29 is 28.5 Å². The zero-order valence-corrected chi connectivity index (χ0v) is 24.8. The lowest BCUT2D eigenvalue weighted by Crippen LogP contribution is -2.49. The van der Waals surface area contributed by atoms with Gasteiger partial charge in [-0.3, -0.25) is 9.59 Å². The molecule has 3 aromatic rings. The number of methoxy groups -OCH3 is 1. The van der Waals surface area contributed by atoms with E-state index in [1.54, 1.807) is 29.9 Å². The van der Waals surface area contributed by atoms with Crippen LogP contribution in [0.15, 0.2) is 47.3 Å². The Morgan fingerprint density at radius 2 is 1.76 bits per heavy atom. The Bertz CT molecular complexity index is 1500. The van der Waals surface area contributed by atoms with Crippen molar-refractivity contribution in [1.29, 1.82) is 0 Å². The number of rotatable bonds is 8. The van der Waals surface area contributed by atoms with Crippen LogP contribution in [-0.4, -0.2) is 78.3 Å². The quantitative estimate of drug-likeness (QED) is 0.361. The number of hydrogen-bond donors (Lipinski definition) is 0. The van der Waals surface area contributed by atoms with Gasteiger partial charge in [-0.15, -0.1) is 0 Å². The van der Waals surface area contributed by atoms with E-state index >= 15 is 0 Å². The molecule has 224 valence electrons. The second kappa shape index (κ2) is 12.4. The summed E-state index contributed by atoms with van der Waals surface area (Å²) in [5.41, 5.74) is 1.38. The van der Waals surface area contributed by atoms with E-state index in [4.69, 9.17) is 18.9 Å². The zero-order valence-electron chi connectivity index (χ0n) is 24.8. The number of aromatic nitrogens is 1. The highest BCUT2D eigenvalue weighted by molar-refractivity contribution is 5.97. The van der Waals surface area contributed by atoms with E-state index in [1.807, 2.05) is 43.9 Å². The van der Waals surface area contributed by atoms with Crippen molar-refractivity contribution >= 4 is 23.3 Å². The minimum absolute atomic E-state index is 0.00369. The summed E-state index contributed by atoms with van der Waals surface area (Å²) < 4.78 is 24.3. The van der Waals surface area contributed by atoms with Gasteiger partial charge >= 0.3 is 6.09 Å². The molecule has 3 heterocycles. The van der Waals surface area contributed by atoms with Gasteiger partial charge < -0.3 is 33.3 Å². The van der Waals surface area contributed by atoms with E-state index in [1.165, 1.54) is 6.07 Å². The molecule has 0 spiro atoms. The molecule has 0 N–H and O–H groups in total. The zero-order chi connectivity index (χ0) is 29.9. The predicted molar refractivity (Wildman–Crippen MR) is 159 cm³/mol. The van der Waals surface area contributed by atoms with Gasteiger partial charge in [0.05, 0.1) is 12.6 Å². The summed E-state index contributed by atoms with van der Waals surface area (Å²) in [6.45, 7) is 9.73. The number of amides is 1. The Hall–Kier alpha value is -4.05. The summed E-state index contributed by atoms with van der Waals surface area (Å²) in [6, 6.07) is 12.5. The van der Waals surface area contributed by atoms with Gasteiger partial charge in [0.2, 0.25) is 0 Å². The average Bonchev–Trinajstić information content (AvgIpc) is 2.98. The molecular weight excluding hydrogens is 538 g/mol. The maximum absolute atomic E-state index is 13.4. The van der Waals surface area contributed by atoms with E-state index in [0.717, 1.165) is 43.2 Å². The molecule has 2 aliphatic rings. The van der Waals surface area contributed by atoms with Crippen molar-refractivity contribution in [1.82, 2.24) is 14.4 Å². The fraction of sp³-hybridized carbons (Fsp3) is 0.469. The molecule has 5 rings (SSSR count). The fourth-order valence-electron chi connectivity index (χ4n) is 5.59. The first-order valence-electron chi connectivity index (χ1n) is 14.4. The van der Waals surface area contributed by atoms with Crippen LogP contribution in [0.5, 0.6) is 17.2 Å². The summed E-state index contributed by atoms with van der Waals surface area (Å²) >= 11 is 0. The van der Waals surface area contributed by atoms with Crippen LogP contribution in [0.4, 0.5) is 4.79 Å². The van der Waals surface area contributed by atoms with Gasteiger partial charge in [0.15, 0.2) is 17.8 Å². The number of nitrogens with zero attached hydrogens (tertiary/aromatic N) is 3. The van der Waals surface area contributed by atoms with Crippen LogP contribution in [-0.2, 0) is 17.8 Å². The number of piperidine rings is 1. The predicted octanol–water partition coefficient (Wildman–Crippen LogP) is 4.50. The van der Waals surface area contributed by atoms with Gasteiger partial charge in [-0.25, -0.2) is 4.79 Å². The number of pyridine rings is 1. The van der Waals surface area contributed by atoms with Gasteiger partial charge in [-0.1, -0.05) is 6.07 Å². The van der Waals surface area contributed by atoms with Gasteiger partial charge in [0.1, 0.15) is 24.6 Å². The van der Waals surface area contributed by atoms with Crippen molar-refractivity contribution in [3.05, 3.63) is 63.9 Å². The third kappa shape index (κ3) is 6.70. The smallest absolute Gasteiger partial charge is 0.410 e. The van der Waals surface area contributed by atoms with Gasteiger partial charge in [-0.05, 0) is 63.4 Å². The molecule has 0 aliphatic carbocycles. The lowest BCUT2D eigenvalue weighted by molar-refractivity contribution is 0.00562. The largest absolute Gasteiger partial charge is 0.497 e. The van der Waals surface area contributed by atoms with Gasteiger partial charge in [0, 0.05) is 61.8 Å². The third-order valence-electron chi connectivity index (χ3n) is 7.70. The molecule has 0 unspecified atom stereocenters. The lowest BCUT2D eigenvalue weighted by Gasteiger charge is -2.39. The summed E-state index contributed by atoms with van der Waals surface area (Å²) in [7, 11) is 1.54. The number of aldehydes is 1. The summed E-state index contributed by atoms with van der Waals surface area (Å²) in [5.74, 6) is 1.94. The molecule has 10 nitrogen and oxygen atoms in total. The minimum atomic E-state index is -0.610. The van der Waals surface area contributed by atoms with E-state index in [2.05, 4.69) is 4.90 Å². The minimum Gasteiger partial charge on any atom is -0.497 e. The first-order chi connectivity index (χ1) is 20.1. The Kier molecular flexibility index (Phi) is 8.72. The molecule has 2 aliphatic heterocycles. The van der Waals surface area contributed by atoms with Crippen molar-refractivity contribution in [3.63, 3.8) is 0 Å². The first kappa shape index (κ1) is 29.4. The van der Waals surface area contributed by atoms with Crippen LogP contribution in [0.2, 0.25) is 0 Å². The molecule has 0 saturated carbocycles. The van der Waals surface area contributed by atoms with Crippen LogP contribution in [0.3, 0.4) is 0 Å². The SMILES string of the molecule is COc1cc(C=O)c2ccc(=O)n(CCN3CCC(N(Cc4ccc5c(c4)OCCO5)C(=O)OC(C)(C)C)CC3)c2c1. The monoisotopic (exact) mass is 577 g/mol. The molecule has 0 atom stereocenters. The first-order valence-corrected chi connectivity index (χ1v) is 14.4. The standard InChI is InChI=1S/C32H39N3O7/c1-32(2,3)42-31(38)35(20-22-5-7-28-29(17-22)41-16-15-40-28)24-9-11-33(12-10-24)13-14-34-27-19-25(39-4)18-23(21-36)26(27)6-8-30(34)37/h5-8,17-19,21,24H,9-16,20H2,1-4H3. The number of hydrogen-bond acceptors (Lipinski definition) is 8. The van der Waals surface area contributed by atoms with Crippen molar-refractivity contribution in [2.45, 2.75) is 58.3 Å². The summed E-state index contributed by atoms with van der Waals surface area (Å²) in [6.07, 6.45) is 2.00. The van der Waals surface area contributed by atoms with E-state index < -0.39 is 5.60 Å². The number of carbonyl (C=O) groups is 2. The van der Waals surface area contributed by atoms with Crippen molar-refractivity contribution in [3.8, 4) is 17.2 Å².